The lowest BCUT2D eigenvalue weighted by atomic mass is 10.3. The number of amides is 1. The van der Waals surface area contributed by atoms with Gasteiger partial charge in [0.2, 0.25) is 5.91 Å². The molecule has 2 aromatic carbocycles. The van der Waals surface area contributed by atoms with Crippen molar-refractivity contribution in [2.24, 2.45) is 0 Å². The summed E-state index contributed by atoms with van der Waals surface area (Å²) in [5, 5.41) is 0.846. The van der Waals surface area contributed by atoms with E-state index in [4.69, 9.17) is 0 Å². The minimum atomic E-state index is -0.130. The second-order valence-corrected chi connectivity index (χ2v) is 8.19. The largest absolute Gasteiger partial charge is 0.336 e. The van der Waals surface area contributed by atoms with Crippen LogP contribution >= 0.6 is 23.1 Å². The lowest BCUT2D eigenvalue weighted by molar-refractivity contribution is -0.130. The highest BCUT2D eigenvalue weighted by atomic mass is 32.2. The van der Waals surface area contributed by atoms with Crippen LogP contribution in [0.3, 0.4) is 0 Å². The number of hydrogen-bond donors (Lipinski definition) is 0. The van der Waals surface area contributed by atoms with Gasteiger partial charge in [0.05, 0.1) is 21.5 Å². The number of rotatable bonds is 5. The zero-order chi connectivity index (χ0) is 17.1. The van der Waals surface area contributed by atoms with Crippen LogP contribution in [-0.2, 0) is 4.79 Å². The van der Waals surface area contributed by atoms with Gasteiger partial charge in [-0.3, -0.25) is 4.79 Å². The van der Waals surface area contributed by atoms with E-state index < -0.39 is 0 Å². The van der Waals surface area contributed by atoms with Gasteiger partial charge in [-0.25, -0.2) is 4.98 Å². The molecule has 3 nitrogen and oxygen atoms in total. The molecule has 124 valence electrons. The van der Waals surface area contributed by atoms with Gasteiger partial charge in [0, 0.05) is 11.9 Å². The van der Waals surface area contributed by atoms with Crippen molar-refractivity contribution in [2.75, 3.05) is 7.05 Å². The number of thioether (sulfide) groups is 1. The Hall–Kier alpha value is -1.85. The molecule has 2 atom stereocenters. The molecule has 0 bridgehead atoms. The van der Waals surface area contributed by atoms with Crippen molar-refractivity contribution in [1.82, 2.24) is 9.88 Å². The van der Waals surface area contributed by atoms with Gasteiger partial charge in [-0.05, 0) is 38.1 Å². The first-order valence-corrected chi connectivity index (χ1v) is 9.59. The van der Waals surface area contributed by atoms with Gasteiger partial charge < -0.3 is 4.90 Å². The molecule has 0 radical (unpaired) electrons. The molecule has 0 aliphatic heterocycles. The molecule has 0 saturated carbocycles. The predicted molar refractivity (Wildman–Crippen MR) is 103 cm³/mol. The first-order valence-electron chi connectivity index (χ1n) is 7.90. The van der Waals surface area contributed by atoms with E-state index in [0.29, 0.717) is 0 Å². The number of carbonyl (C=O) groups is 1. The molecule has 1 amide bonds. The van der Waals surface area contributed by atoms with E-state index in [9.17, 15) is 4.79 Å². The van der Waals surface area contributed by atoms with Crippen molar-refractivity contribution < 1.29 is 4.79 Å². The number of nitrogens with zero attached hydrogens (tertiary/aromatic N) is 2. The van der Waals surface area contributed by atoms with Crippen molar-refractivity contribution in [3.8, 4) is 0 Å². The van der Waals surface area contributed by atoms with Crippen LogP contribution in [0.2, 0.25) is 0 Å². The van der Waals surface area contributed by atoms with E-state index in [1.165, 1.54) is 0 Å². The average molecular weight is 357 g/mol. The van der Waals surface area contributed by atoms with Crippen LogP contribution in [0.15, 0.2) is 59.5 Å². The van der Waals surface area contributed by atoms with Crippen LogP contribution in [0.5, 0.6) is 0 Å². The van der Waals surface area contributed by atoms with E-state index >= 15 is 0 Å². The summed E-state index contributed by atoms with van der Waals surface area (Å²) in [6.07, 6.45) is 0. The Morgan fingerprint density at radius 2 is 1.75 bits per heavy atom. The van der Waals surface area contributed by atoms with E-state index in [2.05, 4.69) is 11.1 Å². The third kappa shape index (κ3) is 3.62. The van der Waals surface area contributed by atoms with E-state index in [-0.39, 0.29) is 17.2 Å². The van der Waals surface area contributed by atoms with Gasteiger partial charge in [0.25, 0.3) is 0 Å². The summed E-state index contributed by atoms with van der Waals surface area (Å²) in [6, 6.07) is 18.1. The van der Waals surface area contributed by atoms with Crippen LogP contribution in [-0.4, -0.2) is 28.1 Å². The molecule has 0 aliphatic carbocycles. The van der Waals surface area contributed by atoms with Gasteiger partial charge >= 0.3 is 0 Å². The molecule has 0 N–H and O–H groups in total. The van der Waals surface area contributed by atoms with E-state index in [1.54, 1.807) is 28.0 Å². The van der Waals surface area contributed by atoms with Crippen molar-refractivity contribution in [3.63, 3.8) is 0 Å². The zero-order valence-corrected chi connectivity index (χ0v) is 15.6. The summed E-state index contributed by atoms with van der Waals surface area (Å²) >= 11 is 3.24. The molecule has 0 saturated heterocycles. The molecule has 1 aromatic heterocycles. The third-order valence-corrected chi connectivity index (χ3v) is 6.31. The van der Waals surface area contributed by atoms with Crippen molar-refractivity contribution in [2.45, 2.75) is 30.0 Å². The highest BCUT2D eigenvalue weighted by molar-refractivity contribution is 8.00. The van der Waals surface area contributed by atoms with Crippen LogP contribution < -0.4 is 0 Å². The highest BCUT2D eigenvalue weighted by Gasteiger charge is 2.25. The summed E-state index contributed by atoms with van der Waals surface area (Å²) < 4.78 is 1.16. The summed E-state index contributed by atoms with van der Waals surface area (Å²) in [7, 11) is 1.86. The highest BCUT2D eigenvalue weighted by Crippen LogP contribution is 2.31. The minimum absolute atomic E-state index is 0.0336. The zero-order valence-electron chi connectivity index (χ0n) is 14.0. The van der Waals surface area contributed by atoms with E-state index in [1.807, 2.05) is 69.4 Å². The maximum Gasteiger partial charge on any atom is 0.236 e. The number of thiazole rings is 1. The SMILES string of the molecule is C[C@H](Sc1ccccc1)C(=O)N(C)[C@H](C)c1nc2ccccc2s1. The number of carbonyl (C=O) groups excluding carboxylic acids is 1. The topological polar surface area (TPSA) is 33.2 Å². The van der Waals surface area contributed by atoms with Crippen LogP contribution in [0, 0.1) is 0 Å². The standard InChI is InChI=1S/C19H20N2OS2/c1-13(18-20-16-11-7-8-12-17(16)24-18)21(3)19(22)14(2)23-15-9-5-4-6-10-15/h4-14H,1-3H3/t13-,14+/m1/s1. The number of aromatic nitrogens is 1. The Morgan fingerprint density at radius 1 is 1.08 bits per heavy atom. The van der Waals surface area contributed by atoms with Crippen LogP contribution in [0.1, 0.15) is 24.9 Å². The normalized spacial score (nSPS) is 13.6. The molecular weight excluding hydrogens is 336 g/mol. The minimum Gasteiger partial charge on any atom is -0.336 e. The Kier molecular flexibility index (Phi) is 5.21. The number of hydrogen-bond acceptors (Lipinski definition) is 4. The lowest BCUT2D eigenvalue weighted by Crippen LogP contribution is -2.35. The summed E-state index contributed by atoms with van der Waals surface area (Å²) in [5.41, 5.74) is 0.997. The molecule has 24 heavy (non-hydrogen) atoms. The maximum atomic E-state index is 12.8. The third-order valence-electron chi connectivity index (χ3n) is 4.00. The average Bonchev–Trinajstić information content (AvgIpc) is 3.04. The van der Waals surface area contributed by atoms with Crippen molar-refractivity contribution >= 4 is 39.2 Å². The number of para-hydroxylation sites is 1. The fourth-order valence-corrected chi connectivity index (χ4v) is 4.52. The van der Waals surface area contributed by atoms with Gasteiger partial charge in [-0.2, -0.15) is 0 Å². The molecule has 1 heterocycles. The number of fused-ring (bicyclic) bond motifs is 1. The van der Waals surface area contributed by atoms with Crippen molar-refractivity contribution in [3.05, 3.63) is 59.6 Å². The Morgan fingerprint density at radius 3 is 2.46 bits per heavy atom. The molecule has 0 aliphatic rings. The Balaban J connectivity index is 1.72. The summed E-state index contributed by atoms with van der Waals surface area (Å²) in [4.78, 5) is 20.4. The molecular formula is C19H20N2OS2. The van der Waals surface area contributed by atoms with Gasteiger partial charge in [-0.15, -0.1) is 23.1 Å². The van der Waals surface area contributed by atoms with Crippen LogP contribution in [0.4, 0.5) is 0 Å². The van der Waals surface area contributed by atoms with Gasteiger partial charge in [0.15, 0.2) is 0 Å². The van der Waals surface area contributed by atoms with E-state index in [0.717, 1.165) is 20.1 Å². The smallest absolute Gasteiger partial charge is 0.236 e. The molecule has 0 fully saturated rings. The van der Waals surface area contributed by atoms with Crippen LogP contribution in [0.25, 0.3) is 10.2 Å². The Labute approximate surface area is 150 Å². The second kappa shape index (κ2) is 7.36. The fourth-order valence-electron chi connectivity index (χ4n) is 2.47. The Bertz CT molecular complexity index is 799. The summed E-state index contributed by atoms with van der Waals surface area (Å²) in [5.74, 6) is 0.121. The number of benzene rings is 2. The predicted octanol–water partition coefficient (Wildman–Crippen LogP) is 5.00. The first-order chi connectivity index (χ1) is 11.6. The molecule has 0 unspecified atom stereocenters. The lowest BCUT2D eigenvalue weighted by Gasteiger charge is -2.26. The molecule has 3 rings (SSSR count). The quantitative estimate of drug-likeness (QED) is 0.603. The van der Waals surface area contributed by atoms with Crippen molar-refractivity contribution in [1.29, 1.82) is 0 Å². The summed E-state index contributed by atoms with van der Waals surface area (Å²) in [6.45, 7) is 4.00. The first kappa shape index (κ1) is 17.0. The van der Waals surface area contributed by atoms with Gasteiger partial charge in [0.1, 0.15) is 5.01 Å². The molecule has 3 aromatic rings. The monoisotopic (exact) mass is 356 g/mol. The molecule has 0 spiro atoms. The second-order valence-electron chi connectivity index (χ2n) is 5.72. The molecule has 5 heteroatoms. The maximum absolute atomic E-state index is 12.8. The van der Waals surface area contributed by atoms with Gasteiger partial charge in [-0.1, -0.05) is 30.3 Å². The fraction of sp³-hybridized carbons (Fsp3) is 0.263.